The van der Waals surface area contributed by atoms with Gasteiger partial charge in [0.15, 0.2) is 5.69 Å². The van der Waals surface area contributed by atoms with Gasteiger partial charge in [0, 0.05) is 11.1 Å². The number of primary sulfonamides is 1. The summed E-state index contributed by atoms with van der Waals surface area (Å²) in [5.41, 5.74) is 2.36. The molecule has 0 aliphatic heterocycles. The van der Waals surface area contributed by atoms with Gasteiger partial charge in [0.1, 0.15) is 5.75 Å². The second kappa shape index (κ2) is 9.59. The van der Waals surface area contributed by atoms with Crippen molar-refractivity contribution in [3.8, 4) is 11.6 Å². The van der Waals surface area contributed by atoms with Crippen molar-refractivity contribution in [1.82, 2.24) is 4.57 Å². The Kier molecular flexibility index (Phi) is 6.59. The Morgan fingerprint density at radius 1 is 1.12 bits per heavy atom. The maximum Gasteiger partial charge on any atom is 0.238 e. The van der Waals surface area contributed by atoms with E-state index in [0.29, 0.717) is 23.4 Å². The van der Waals surface area contributed by atoms with Gasteiger partial charge in [0.05, 0.1) is 24.1 Å². The summed E-state index contributed by atoms with van der Waals surface area (Å²) in [6.07, 6.45) is 0. The number of fused-ring (bicyclic) bond motifs is 1. The van der Waals surface area contributed by atoms with Gasteiger partial charge in [-0.25, -0.2) is 13.6 Å². The van der Waals surface area contributed by atoms with Gasteiger partial charge in [-0.05, 0) is 54.2 Å². The molecule has 0 saturated heterocycles. The van der Waals surface area contributed by atoms with Gasteiger partial charge in [-0.1, -0.05) is 36.4 Å². The number of methoxy groups -OCH3 is 1. The van der Waals surface area contributed by atoms with Crippen molar-refractivity contribution < 1.29 is 18.3 Å². The van der Waals surface area contributed by atoms with Crippen molar-refractivity contribution >= 4 is 49.6 Å². The largest absolute Gasteiger partial charge is 0.497 e. The molecular weight excluding hydrogens is 474 g/mol. The van der Waals surface area contributed by atoms with Crippen LogP contribution < -0.4 is 15.2 Å². The summed E-state index contributed by atoms with van der Waals surface area (Å²) in [4.78, 5) is -0.0639. The SMILES string of the molecule is COc1ccc2c(c1)c(N=NC(=S)Nc1cccc(S(N)(=O)=O)c1)c(O)n2Cc1ccccc1. The second-order valence-electron chi connectivity index (χ2n) is 7.33. The van der Waals surface area contributed by atoms with Crippen LogP contribution >= 0.6 is 12.2 Å². The molecule has 0 amide bonds. The van der Waals surface area contributed by atoms with Crippen LogP contribution in [0.4, 0.5) is 11.4 Å². The van der Waals surface area contributed by atoms with Crippen LogP contribution in [0.3, 0.4) is 0 Å². The molecule has 0 spiro atoms. The number of aromatic nitrogens is 1. The zero-order valence-corrected chi connectivity index (χ0v) is 19.7. The summed E-state index contributed by atoms with van der Waals surface area (Å²) in [6.45, 7) is 0.425. The van der Waals surface area contributed by atoms with E-state index in [9.17, 15) is 13.5 Å². The molecule has 3 aromatic carbocycles. The Morgan fingerprint density at radius 2 is 1.88 bits per heavy atom. The minimum Gasteiger partial charge on any atom is -0.497 e. The monoisotopic (exact) mass is 495 g/mol. The third-order valence-electron chi connectivity index (χ3n) is 5.06. The van der Waals surface area contributed by atoms with Crippen LogP contribution in [-0.4, -0.2) is 30.3 Å². The molecule has 34 heavy (non-hydrogen) atoms. The average Bonchev–Trinajstić information content (AvgIpc) is 3.08. The fourth-order valence-corrected chi connectivity index (χ4v) is 4.17. The van der Waals surface area contributed by atoms with E-state index >= 15 is 0 Å². The van der Waals surface area contributed by atoms with Crippen molar-refractivity contribution in [3.63, 3.8) is 0 Å². The lowest BCUT2D eigenvalue weighted by Gasteiger charge is -2.07. The molecule has 4 aromatic rings. The summed E-state index contributed by atoms with van der Waals surface area (Å²) in [6, 6.07) is 21.0. The maximum atomic E-state index is 11.6. The number of thiocarbonyl (C=S) groups is 1. The highest BCUT2D eigenvalue weighted by atomic mass is 32.2. The molecule has 11 heteroatoms. The number of hydrogen-bond donors (Lipinski definition) is 3. The number of nitrogens with zero attached hydrogens (tertiary/aromatic N) is 3. The normalized spacial score (nSPS) is 11.7. The van der Waals surface area contributed by atoms with Crippen molar-refractivity contribution in [2.24, 2.45) is 15.4 Å². The first-order valence-corrected chi connectivity index (χ1v) is 12.0. The Morgan fingerprint density at radius 3 is 2.59 bits per heavy atom. The molecule has 1 aromatic heterocycles. The van der Waals surface area contributed by atoms with Crippen molar-refractivity contribution in [3.05, 3.63) is 78.4 Å². The van der Waals surface area contributed by atoms with Gasteiger partial charge < -0.3 is 19.7 Å². The van der Waals surface area contributed by atoms with Gasteiger partial charge in [-0.15, -0.1) is 10.2 Å². The number of aromatic hydroxyl groups is 1. The highest BCUT2D eigenvalue weighted by Crippen LogP contribution is 2.41. The predicted octanol–water partition coefficient (Wildman–Crippen LogP) is 4.53. The van der Waals surface area contributed by atoms with Crippen LogP contribution in [0, 0.1) is 0 Å². The van der Waals surface area contributed by atoms with E-state index in [0.717, 1.165) is 11.1 Å². The smallest absolute Gasteiger partial charge is 0.238 e. The number of hydrogen-bond acceptors (Lipinski definition) is 6. The van der Waals surface area contributed by atoms with Crippen LogP contribution in [0.25, 0.3) is 10.9 Å². The van der Waals surface area contributed by atoms with Crippen LogP contribution in [0.2, 0.25) is 0 Å². The van der Waals surface area contributed by atoms with Gasteiger partial charge in [0.2, 0.25) is 21.0 Å². The van der Waals surface area contributed by atoms with E-state index in [4.69, 9.17) is 22.1 Å². The summed E-state index contributed by atoms with van der Waals surface area (Å²) < 4.78 is 30.2. The standard InChI is InChI=1S/C23H21N5O4S2/c1-32-17-10-11-20-19(13-17)21(22(29)28(20)14-15-6-3-2-4-7-15)26-27-23(33)25-16-8-5-9-18(12-16)34(24,30)31/h2-13,29H,14H2,1H3,(H,25,33)(H2,24,30,31). The Bertz CT molecular complexity index is 1500. The lowest BCUT2D eigenvalue weighted by Crippen LogP contribution is -2.13. The van der Waals surface area contributed by atoms with Crippen molar-refractivity contribution in [1.29, 1.82) is 0 Å². The highest BCUT2D eigenvalue weighted by Gasteiger charge is 2.18. The summed E-state index contributed by atoms with van der Waals surface area (Å²) in [5, 5.41) is 27.8. The van der Waals surface area contributed by atoms with E-state index < -0.39 is 10.0 Å². The van der Waals surface area contributed by atoms with Gasteiger partial charge in [-0.3, -0.25) is 0 Å². The lowest BCUT2D eigenvalue weighted by atomic mass is 10.2. The number of nitrogens with two attached hydrogens (primary N) is 1. The van der Waals surface area contributed by atoms with Gasteiger partial charge in [0.25, 0.3) is 0 Å². The topological polar surface area (TPSA) is 131 Å². The van der Waals surface area contributed by atoms with Crippen LogP contribution in [0.1, 0.15) is 5.56 Å². The third kappa shape index (κ3) is 5.06. The lowest BCUT2D eigenvalue weighted by molar-refractivity contribution is 0.415. The Labute approximate surface area is 201 Å². The zero-order chi connectivity index (χ0) is 24.3. The minimum atomic E-state index is -3.86. The highest BCUT2D eigenvalue weighted by molar-refractivity contribution is 7.89. The molecule has 0 fully saturated rings. The predicted molar refractivity (Wildman–Crippen MR) is 134 cm³/mol. The molecule has 174 valence electrons. The van der Waals surface area contributed by atoms with E-state index in [-0.39, 0.29) is 21.6 Å². The number of ether oxygens (including phenoxy) is 1. The maximum absolute atomic E-state index is 11.6. The van der Waals surface area contributed by atoms with Crippen molar-refractivity contribution in [2.75, 3.05) is 12.4 Å². The number of rotatable bonds is 6. The number of nitrogens with one attached hydrogen (secondary N) is 1. The Balaban J connectivity index is 1.67. The molecule has 4 N–H and O–H groups in total. The van der Waals surface area contributed by atoms with Gasteiger partial charge >= 0.3 is 0 Å². The van der Waals surface area contributed by atoms with Crippen LogP contribution in [-0.2, 0) is 16.6 Å². The fourth-order valence-electron chi connectivity index (χ4n) is 3.45. The van der Waals surface area contributed by atoms with Crippen molar-refractivity contribution in [2.45, 2.75) is 11.4 Å². The molecule has 1 heterocycles. The fraction of sp³-hybridized carbons (Fsp3) is 0.0870. The zero-order valence-electron chi connectivity index (χ0n) is 18.0. The van der Waals surface area contributed by atoms with E-state index in [1.54, 1.807) is 29.9 Å². The summed E-state index contributed by atoms with van der Waals surface area (Å²) in [5.74, 6) is 0.524. The minimum absolute atomic E-state index is 0.0298. The molecule has 0 atom stereocenters. The first-order valence-electron chi connectivity index (χ1n) is 10.0. The molecule has 0 aliphatic carbocycles. The first-order chi connectivity index (χ1) is 16.3. The summed E-state index contributed by atoms with van der Waals surface area (Å²) >= 11 is 5.23. The second-order valence-corrected chi connectivity index (χ2v) is 9.28. The van der Waals surface area contributed by atoms with E-state index in [1.165, 1.54) is 18.2 Å². The Hall–Kier alpha value is -3.80. The van der Waals surface area contributed by atoms with E-state index in [2.05, 4.69) is 15.5 Å². The number of sulfonamides is 1. The van der Waals surface area contributed by atoms with Crippen LogP contribution in [0.15, 0.2) is 87.9 Å². The molecular formula is C23H21N5O4S2. The number of benzene rings is 3. The molecule has 0 unspecified atom stereocenters. The van der Waals surface area contributed by atoms with Gasteiger partial charge in [-0.2, -0.15) is 0 Å². The molecule has 0 saturated carbocycles. The average molecular weight is 496 g/mol. The quantitative estimate of drug-likeness (QED) is 0.266. The number of azo groups is 1. The molecule has 0 radical (unpaired) electrons. The third-order valence-corrected chi connectivity index (χ3v) is 6.15. The van der Waals surface area contributed by atoms with Crippen LogP contribution in [0.5, 0.6) is 11.6 Å². The molecule has 4 rings (SSSR count). The molecule has 0 aliphatic rings. The number of anilines is 1. The summed E-state index contributed by atoms with van der Waals surface area (Å²) in [7, 11) is -2.31. The first kappa shape index (κ1) is 23.4. The molecule has 9 nitrogen and oxygen atoms in total. The molecule has 0 bridgehead atoms. The van der Waals surface area contributed by atoms with E-state index in [1.807, 2.05) is 36.4 Å².